The maximum atomic E-state index is 12.2. The number of benzene rings is 1. The molecule has 2 rings (SSSR count). The van der Waals surface area contributed by atoms with Crippen LogP contribution in [0.1, 0.15) is 24.8 Å². The van der Waals surface area contributed by atoms with Crippen molar-refractivity contribution in [2.75, 3.05) is 6.54 Å². The third kappa shape index (κ3) is 3.08. The zero-order valence-corrected chi connectivity index (χ0v) is 10.6. The first-order valence-electron chi connectivity index (χ1n) is 6.18. The molecule has 0 heterocycles. The van der Waals surface area contributed by atoms with Crippen molar-refractivity contribution in [2.45, 2.75) is 25.7 Å². The molecule has 1 aromatic carbocycles. The molecule has 2 unspecified atom stereocenters. The van der Waals surface area contributed by atoms with Crippen molar-refractivity contribution in [3.63, 3.8) is 0 Å². The summed E-state index contributed by atoms with van der Waals surface area (Å²) < 4.78 is 0. The number of Topliss-reactive ketones (excluding diaryl/α,β-unsaturated/α-hetero) is 1. The maximum Gasteiger partial charge on any atom is 0.140 e. The molecule has 1 fully saturated rings. The maximum absolute atomic E-state index is 12.2. The molecular weight excluding hydrogens is 234 g/mol. The lowest BCUT2D eigenvalue weighted by molar-refractivity contribution is -0.123. The van der Waals surface area contributed by atoms with Gasteiger partial charge in [-0.05, 0) is 43.0 Å². The Labute approximate surface area is 107 Å². The molecule has 0 bridgehead atoms. The van der Waals surface area contributed by atoms with Gasteiger partial charge < -0.3 is 5.73 Å². The quantitative estimate of drug-likeness (QED) is 0.894. The molecule has 2 nitrogen and oxygen atoms in total. The Hall–Kier alpha value is -0.860. The number of rotatable bonds is 4. The smallest absolute Gasteiger partial charge is 0.140 e. The SMILES string of the molecule is NCC1CCCC1C(=O)Cc1cccc(Cl)c1. The summed E-state index contributed by atoms with van der Waals surface area (Å²) >= 11 is 5.91. The van der Waals surface area contributed by atoms with E-state index in [0.29, 0.717) is 29.7 Å². The van der Waals surface area contributed by atoms with Crippen LogP contribution in [0.3, 0.4) is 0 Å². The molecule has 0 spiro atoms. The predicted octanol–water partition coefficient (Wildman–Crippen LogP) is 2.83. The Morgan fingerprint density at radius 1 is 1.41 bits per heavy atom. The fourth-order valence-electron chi connectivity index (χ4n) is 2.72. The van der Waals surface area contributed by atoms with Crippen LogP contribution < -0.4 is 5.73 Å². The second-order valence-electron chi connectivity index (χ2n) is 4.81. The summed E-state index contributed by atoms with van der Waals surface area (Å²) in [4.78, 5) is 12.2. The van der Waals surface area contributed by atoms with E-state index in [1.54, 1.807) is 0 Å². The first-order valence-corrected chi connectivity index (χ1v) is 6.55. The molecule has 3 heteroatoms. The van der Waals surface area contributed by atoms with Crippen LogP contribution >= 0.6 is 11.6 Å². The highest BCUT2D eigenvalue weighted by Crippen LogP contribution is 2.32. The standard InChI is InChI=1S/C14H18ClNO/c15-12-5-1-3-10(7-12)8-14(17)13-6-2-4-11(13)9-16/h1,3,5,7,11,13H,2,4,6,8-9,16H2. The highest BCUT2D eigenvalue weighted by Gasteiger charge is 2.31. The molecule has 2 atom stereocenters. The van der Waals surface area contributed by atoms with Gasteiger partial charge in [0.1, 0.15) is 5.78 Å². The number of hydrogen-bond donors (Lipinski definition) is 1. The Morgan fingerprint density at radius 2 is 2.24 bits per heavy atom. The predicted molar refractivity (Wildman–Crippen MR) is 70.0 cm³/mol. The van der Waals surface area contributed by atoms with Gasteiger partial charge in [0, 0.05) is 17.4 Å². The Kier molecular flexibility index (Phi) is 4.19. The Morgan fingerprint density at radius 3 is 2.94 bits per heavy atom. The van der Waals surface area contributed by atoms with Crippen LogP contribution in [0.15, 0.2) is 24.3 Å². The van der Waals surface area contributed by atoms with E-state index >= 15 is 0 Å². The third-order valence-corrected chi connectivity index (χ3v) is 3.88. The highest BCUT2D eigenvalue weighted by atomic mass is 35.5. The number of halogens is 1. The van der Waals surface area contributed by atoms with Gasteiger partial charge in [-0.25, -0.2) is 0 Å². The molecule has 92 valence electrons. The van der Waals surface area contributed by atoms with Crippen LogP contribution in [-0.2, 0) is 11.2 Å². The minimum absolute atomic E-state index is 0.166. The summed E-state index contributed by atoms with van der Waals surface area (Å²) in [7, 11) is 0. The lowest BCUT2D eigenvalue weighted by atomic mass is 9.89. The van der Waals surface area contributed by atoms with Crippen molar-refractivity contribution in [1.29, 1.82) is 0 Å². The summed E-state index contributed by atoms with van der Waals surface area (Å²) in [6, 6.07) is 7.54. The van der Waals surface area contributed by atoms with Crippen LogP contribution in [0.25, 0.3) is 0 Å². The van der Waals surface area contributed by atoms with Gasteiger partial charge in [0.25, 0.3) is 0 Å². The van der Waals surface area contributed by atoms with Gasteiger partial charge in [-0.1, -0.05) is 30.2 Å². The monoisotopic (exact) mass is 251 g/mol. The molecule has 1 saturated carbocycles. The topological polar surface area (TPSA) is 43.1 Å². The van der Waals surface area contributed by atoms with Crippen molar-refractivity contribution >= 4 is 17.4 Å². The molecule has 0 aromatic heterocycles. The molecule has 1 aromatic rings. The van der Waals surface area contributed by atoms with Gasteiger partial charge >= 0.3 is 0 Å². The van der Waals surface area contributed by atoms with Crippen molar-refractivity contribution in [3.05, 3.63) is 34.9 Å². The number of ketones is 1. The minimum Gasteiger partial charge on any atom is -0.330 e. The van der Waals surface area contributed by atoms with Gasteiger partial charge in [-0.15, -0.1) is 0 Å². The average Bonchev–Trinajstić information content (AvgIpc) is 2.77. The van der Waals surface area contributed by atoms with E-state index in [1.807, 2.05) is 24.3 Å². The zero-order chi connectivity index (χ0) is 12.3. The van der Waals surface area contributed by atoms with Gasteiger partial charge in [0.05, 0.1) is 0 Å². The van der Waals surface area contributed by atoms with Gasteiger partial charge in [-0.3, -0.25) is 4.79 Å². The lowest BCUT2D eigenvalue weighted by Gasteiger charge is -2.16. The first kappa shape index (κ1) is 12.6. The average molecular weight is 252 g/mol. The number of carbonyl (C=O) groups is 1. The summed E-state index contributed by atoms with van der Waals surface area (Å²) in [6.45, 7) is 0.631. The summed E-state index contributed by atoms with van der Waals surface area (Å²) in [5, 5.41) is 0.692. The normalized spacial score (nSPS) is 23.9. The highest BCUT2D eigenvalue weighted by molar-refractivity contribution is 6.30. The Bertz CT molecular complexity index is 405. The van der Waals surface area contributed by atoms with E-state index in [1.165, 1.54) is 0 Å². The molecule has 1 aliphatic carbocycles. The van der Waals surface area contributed by atoms with Crippen LogP contribution in [-0.4, -0.2) is 12.3 Å². The van der Waals surface area contributed by atoms with Crippen molar-refractivity contribution in [2.24, 2.45) is 17.6 Å². The van der Waals surface area contributed by atoms with E-state index in [0.717, 1.165) is 24.8 Å². The minimum atomic E-state index is 0.166. The van der Waals surface area contributed by atoms with Crippen LogP contribution in [0.4, 0.5) is 0 Å². The van der Waals surface area contributed by atoms with Crippen LogP contribution in [0, 0.1) is 11.8 Å². The number of hydrogen-bond acceptors (Lipinski definition) is 2. The molecule has 0 radical (unpaired) electrons. The van der Waals surface area contributed by atoms with Crippen molar-refractivity contribution in [1.82, 2.24) is 0 Å². The first-order chi connectivity index (χ1) is 8.20. The molecule has 1 aliphatic rings. The fourth-order valence-corrected chi connectivity index (χ4v) is 2.93. The van der Waals surface area contributed by atoms with E-state index in [2.05, 4.69) is 0 Å². The number of carbonyl (C=O) groups excluding carboxylic acids is 1. The summed E-state index contributed by atoms with van der Waals surface area (Å²) in [5.41, 5.74) is 6.71. The fraction of sp³-hybridized carbons (Fsp3) is 0.500. The van der Waals surface area contributed by atoms with E-state index < -0.39 is 0 Å². The van der Waals surface area contributed by atoms with E-state index in [9.17, 15) is 4.79 Å². The van der Waals surface area contributed by atoms with E-state index in [4.69, 9.17) is 17.3 Å². The zero-order valence-electron chi connectivity index (χ0n) is 9.86. The van der Waals surface area contributed by atoms with Crippen molar-refractivity contribution in [3.8, 4) is 0 Å². The molecular formula is C14H18ClNO. The second kappa shape index (κ2) is 5.65. The molecule has 0 saturated heterocycles. The van der Waals surface area contributed by atoms with Crippen molar-refractivity contribution < 1.29 is 4.79 Å². The van der Waals surface area contributed by atoms with Crippen LogP contribution in [0.5, 0.6) is 0 Å². The third-order valence-electron chi connectivity index (χ3n) is 3.64. The van der Waals surface area contributed by atoms with Gasteiger partial charge in [-0.2, -0.15) is 0 Å². The van der Waals surface area contributed by atoms with E-state index in [-0.39, 0.29) is 5.92 Å². The molecule has 17 heavy (non-hydrogen) atoms. The lowest BCUT2D eigenvalue weighted by Crippen LogP contribution is -2.26. The molecule has 0 amide bonds. The second-order valence-corrected chi connectivity index (χ2v) is 5.24. The van der Waals surface area contributed by atoms with Gasteiger partial charge in [0.2, 0.25) is 0 Å². The van der Waals surface area contributed by atoms with Gasteiger partial charge in [0.15, 0.2) is 0 Å². The molecule has 2 N–H and O–H groups in total. The largest absolute Gasteiger partial charge is 0.330 e. The molecule has 0 aliphatic heterocycles. The number of nitrogens with two attached hydrogens (primary N) is 1. The summed E-state index contributed by atoms with van der Waals surface area (Å²) in [5.74, 6) is 0.876. The Balaban J connectivity index is 2.01. The van der Waals surface area contributed by atoms with Crippen LogP contribution in [0.2, 0.25) is 5.02 Å². The summed E-state index contributed by atoms with van der Waals surface area (Å²) in [6.07, 6.45) is 3.72.